The van der Waals surface area contributed by atoms with Crippen LogP contribution < -0.4 is 0 Å². The third-order valence-corrected chi connectivity index (χ3v) is 13.6. The molecule has 0 atom stereocenters. The van der Waals surface area contributed by atoms with Crippen LogP contribution in [-0.2, 0) is 5.41 Å². The van der Waals surface area contributed by atoms with E-state index >= 15 is 0 Å². The number of rotatable bonds is 5. The number of hydrogen-bond acceptors (Lipinski definition) is 5. The van der Waals surface area contributed by atoms with E-state index in [2.05, 4.69) is 115 Å². The Labute approximate surface area is 358 Å². The van der Waals surface area contributed by atoms with Crippen molar-refractivity contribution in [3.05, 3.63) is 187 Å². The van der Waals surface area contributed by atoms with E-state index in [0.29, 0.717) is 17.5 Å². The fourth-order valence-electron chi connectivity index (χ4n) is 10.7. The Bertz CT molecular complexity index is 3460. The molecular formula is C57H39N3O2. The second-order valence-corrected chi connectivity index (χ2v) is 16.9. The molecule has 3 aromatic heterocycles. The number of hydrogen-bond donors (Lipinski definition) is 0. The van der Waals surface area contributed by atoms with E-state index in [9.17, 15) is 0 Å². The molecule has 8 aromatic carbocycles. The Balaban J connectivity index is 0.963. The van der Waals surface area contributed by atoms with Crippen molar-refractivity contribution >= 4 is 43.9 Å². The average molecular weight is 798 g/mol. The predicted octanol–water partition coefficient (Wildman–Crippen LogP) is 15.2. The maximum Gasteiger partial charge on any atom is 0.167 e. The van der Waals surface area contributed by atoms with Crippen LogP contribution in [0.15, 0.2) is 185 Å². The molecular weight excluding hydrogens is 759 g/mol. The molecule has 294 valence electrons. The molecule has 1 saturated carbocycles. The Morgan fingerprint density at radius 1 is 0.355 bits per heavy atom. The van der Waals surface area contributed by atoms with E-state index in [-0.39, 0.29) is 5.41 Å². The first-order valence-electron chi connectivity index (χ1n) is 21.7. The van der Waals surface area contributed by atoms with Gasteiger partial charge >= 0.3 is 0 Å². The van der Waals surface area contributed by atoms with Crippen LogP contribution in [-0.4, -0.2) is 15.0 Å². The van der Waals surface area contributed by atoms with Crippen molar-refractivity contribution in [2.45, 2.75) is 37.5 Å². The van der Waals surface area contributed by atoms with Gasteiger partial charge in [-0.25, -0.2) is 15.0 Å². The zero-order valence-corrected chi connectivity index (χ0v) is 33.9. The van der Waals surface area contributed by atoms with Crippen LogP contribution in [0.1, 0.15) is 43.2 Å². The Kier molecular flexibility index (Phi) is 7.77. The lowest BCUT2D eigenvalue weighted by Gasteiger charge is -2.36. The second-order valence-electron chi connectivity index (χ2n) is 16.9. The van der Waals surface area contributed by atoms with Crippen LogP contribution in [0.4, 0.5) is 0 Å². The quantitative estimate of drug-likeness (QED) is 0.174. The highest BCUT2D eigenvalue weighted by Crippen LogP contribution is 2.58. The Morgan fingerprint density at radius 3 is 1.50 bits per heavy atom. The largest absolute Gasteiger partial charge is 0.455 e. The predicted molar refractivity (Wildman–Crippen MR) is 251 cm³/mol. The number of para-hydroxylation sites is 4. The molecule has 5 heteroatoms. The lowest BCUT2D eigenvalue weighted by atomic mass is 9.68. The summed E-state index contributed by atoms with van der Waals surface area (Å²) < 4.78 is 13.0. The molecule has 62 heavy (non-hydrogen) atoms. The average Bonchev–Trinajstić information content (AvgIpc) is 4.00. The van der Waals surface area contributed by atoms with Crippen LogP contribution in [0.5, 0.6) is 0 Å². The molecule has 0 aliphatic heterocycles. The zero-order chi connectivity index (χ0) is 40.8. The van der Waals surface area contributed by atoms with Gasteiger partial charge in [-0.3, -0.25) is 0 Å². The molecule has 13 rings (SSSR count). The van der Waals surface area contributed by atoms with Gasteiger partial charge in [0.2, 0.25) is 0 Å². The van der Waals surface area contributed by atoms with Gasteiger partial charge in [0.1, 0.15) is 22.3 Å². The summed E-state index contributed by atoms with van der Waals surface area (Å²) in [6.07, 6.45) is 6.31. The molecule has 3 heterocycles. The fraction of sp³-hybridized carbons (Fsp3) is 0.105. The monoisotopic (exact) mass is 797 g/mol. The van der Waals surface area contributed by atoms with E-state index in [1.165, 1.54) is 65.5 Å². The molecule has 0 amide bonds. The molecule has 0 radical (unpaired) electrons. The molecule has 1 fully saturated rings. The van der Waals surface area contributed by atoms with Crippen molar-refractivity contribution in [3.63, 3.8) is 0 Å². The van der Waals surface area contributed by atoms with Crippen molar-refractivity contribution in [2.75, 3.05) is 0 Å². The minimum atomic E-state index is 0.111. The normalized spacial score (nSPS) is 14.3. The summed E-state index contributed by atoms with van der Waals surface area (Å²) in [6, 6.07) is 62.3. The molecule has 0 unspecified atom stereocenters. The smallest absolute Gasteiger partial charge is 0.167 e. The number of fused-ring (bicyclic) bond motifs is 11. The third-order valence-electron chi connectivity index (χ3n) is 13.6. The maximum absolute atomic E-state index is 6.52. The SMILES string of the molecule is c1cc(-c2cccc(-c3cccc4c3-c3ccccc3C43CCCCC3)c2)cc(-c2nc(-c3cccc4c3oc3ccccc34)nc(-c3cccc4c3oc3ccccc34)n2)c1. The minimum absolute atomic E-state index is 0.111. The van der Waals surface area contributed by atoms with Gasteiger partial charge in [0.15, 0.2) is 17.5 Å². The van der Waals surface area contributed by atoms with Gasteiger partial charge in [0.05, 0.1) is 11.1 Å². The molecule has 1 spiro atoms. The molecule has 0 N–H and O–H groups in total. The molecule has 2 aliphatic carbocycles. The van der Waals surface area contributed by atoms with Crippen LogP contribution in [0, 0.1) is 0 Å². The summed E-state index contributed by atoms with van der Waals surface area (Å²) in [4.78, 5) is 15.7. The van der Waals surface area contributed by atoms with Crippen LogP contribution >= 0.6 is 0 Å². The molecule has 11 aromatic rings. The fourth-order valence-corrected chi connectivity index (χ4v) is 10.7. The molecule has 5 nitrogen and oxygen atoms in total. The van der Waals surface area contributed by atoms with Gasteiger partial charge in [-0.05, 0) is 93.7 Å². The zero-order valence-electron chi connectivity index (χ0n) is 33.9. The number of nitrogens with zero attached hydrogens (tertiary/aromatic N) is 3. The van der Waals surface area contributed by atoms with Crippen molar-refractivity contribution < 1.29 is 8.83 Å². The van der Waals surface area contributed by atoms with Crippen molar-refractivity contribution in [3.8, 4) is 67.5 Å². The first-order valence-corrected chi connectivity index (χ1v) is 21.7. The van der Waals surface area contributed by atoms with E-state index < -0.39 is 0 Å². The van der Waals surface area contributed by atoms with Crippen LogP contribution in [0.3, 0.4) is 0 Å². The molecule has 0 bridgehead atoms. The van der Waals surface area contributed by atoms with Gasteiger partial charge < -0.3 is 8.83 Å². The standard InChI is InChI=1S/C57H39N3O2/c1-8-31-57(32-9-1)47-27-5-2-21-44(47)51-39(22-14-28-48(51)57)37-17-10-15-35(33-37)36-16-11-18-38(34-36)54-58-55(45-25-12-23-42-40-19-3-6-29-49(40)61-52(42)45)60-56(59-54)46-26-13-24-43-41-20-4-7-30-50(41)62-53(43)46/h2-7,10-30,33-34H,1,8-9,31-32H2. The number of aromatic nitrogens is 3. The first-order chi connectivity index (χ1) is 30.7. The Hall–Kier alpha value is -7.63. The van der Waals surface area contributed by atoms with Crippen LogP contribution in [0.25, 0.3) is 111 Å². The summed E-state index contributed by atoms with van der Waals surface area (Å²) in [5.74, 6) is 1.63. The van der Waals surface area contributed by atoms with Gasteiger partial charge in [-0.2, -0.15) is 0 Å². The van der Waals surface area contributed by atoms with Crippen LogP contribution in [0.2, 0.25) is 0 Å². The topological polar surface area (TPSA) is 65.0 Å². The van der Waals surface area contributed by atoms with Crippen molar-refractivity contribution in [1.29, 1.82) is 0 Å². The van der Waals surface area contributed by atoms with E-state index in [4.69, 9.17) is 23.8 Å². The first kappa shape index (κ1) is 35.2. The second kappa shape index (κ2) is 13.7. The molecule has 2 aliphatic rings. The Morgan fingerprint density at radius 2 is 0.823 bits per heavy atom. The maximum atomic E-state index is 6.52. The minimum Gasteiger partial charge on any atom is -0.455 e. The highest BCUT2D eigenvalue weighted by atomic mass is 16.3. The number of benzene rings is 8. The summed E-state index contributed by atoms with van der Waals surface area (Å²) in [7, 11) is 0. The van der Waals surface area contributed by atoms with Gasteiger partial charge in [-0.1, -0.05) is 159 Å². The summed E-state index contributed by atoms with van der Waals surface area (Å²) in [5, 5.41) is 4.15. The highest BCUT2D eigenvalue weighted by Gasteiger charge is 2.44. The molecule has 0 saturated heterocycles. The third kappa shape index (κ3) is 5.31. The number of furan rings is 2. The van der Waals surface area contributed by atoms with Crippen molar-refractivity contribution in [2.24, 2.45) is 0 Å². The van der Waals surface area contributed by atoms with E-state index in [1.807, 2.05) is 60.7 Å². The summed E-state index contributed by atoms with van der Waals surface area (Å²) in [6.45, 7) is 0. The lowest BCUT2D eigenvalue weighted by molar-refractivity contribution is 0.353. The summed E-state index contributed by atoms with van der Waals surface area (Å²) in [5.41, 5.74) is 16.3. The summed E-state index contributed by atoms with van der Waals surface area (Å²) >= 11 is 0. The highest BCUT2D eigenvalue weighted by molar-refractivity contribution is 6.10. The van der Waals surface area contributed by atoms with E-state index in [0.717, 1.165) is 71.7 Å². The lowest BCUT2D eigenvalue weighted by Crippen LogP contribution is -2.27. The van der Waals surface area contributed by atoms with Gasteiger partial charge in [-0.15, -0.1) is 0 Å². The van der Waals surface area contributed by atoms with E-state index in [1.54, 1.807) is 0 Å². The van der Waals surface area contributed by atoms with Gasteiger partial charge in [0, 0.05) is 32.5 Å². The van der Waals surface area contributed by atoms with Crippen molar-refractivity contribution in [1.82, 2.24) is 15.0 Å². The van der Waals surface area contributed by atoms with Gasteiger partial charge in [0.25, 0.3) is 0 Å².